The highest BCUT2D eigenvalue weighted by molar-refractivity contribution is 6.30. The Hall–Kier alpha value is -0.800. The average Bonchev–Trinajstić information content (AvgIpc) is 2.20. The summed E-state index contributed by atoms with van der Waals surface area (Å²) in [7, 11) is 0. The predicted molar refractivity (Wildman–Crippen MR) is 53.2 cm³/mol. The summed E-state index contributed by atoms with van der Waals surface area (Å²) in [5.41, 5.74) is 0. The summed E-state index contributed by atoms with van der Waals surface area (Å²) in [5.74, 6) is -0.453. The Labute approximate surface area is 87.3 Å². The van der Waals surface area contributed by atoms with E-state index in [0.717, 1.165) is 0 Å². The van der Waals surface area contributed by atoms with E-state index in [1.54, 1.807) is 6.07 Å². The second-order valence-electron chi connectivity index (χ2n) is 3.15. The molecule has 0 aliphatic heterocycles. The van der Waals surface area contributed by atoms with Crippen molar-refractivity contribution >= 4 is 11.6 Å². The van der Waals surface area contributed by atoms with Gasteiger partial charge in [-0.05, 0) is 12.1 Å². The molecule has 0 bridgehead atoms. The molecule has 0 heterocycles. The van der Waals surface area contributed by atoms with Crippen molar-refractivity contribution in [3.05, 3.63) is 29.0 Å². The van der Waals surface area contributed by atoms with Crippen LogP contribution < -0.4 is 4.74 Å². The smallest absolute Gasteiger partial charge is 0.183 e. The van der Waals surface area contributed by atoms with Crippen LogP contribution in [-0.4, -0.2) is 18.3 Å². The molecule has 0 saturated heterocycles. The lowest BCUT2D eigenvalue weighted by atomic mass is 10.2. The van der Waals surface area contributed by atoms with E-state index in [2.05, 4.69) is 0 Å². The van der Waals surface area contributed by atoms with E-state index >= 15 is 0 Å². The quantitative estimate of drug-likeness (QED) is 0.842. The van der Waals surface area contributed by atoms with E-state index in [1.807, 2.05) is 6.92 Å². The Morgan fingerprint density at radius 3 is 2.93 bits per heavy atom. The van der Waals surface area contributed by atoms with Gasteiger partial charge in [-0.15, -0.1) is 0 Å². The summed E-state index contributed by atoms with van der Waals surface area (Å²) in [6.07, 6.45) is 0. The van der Waals surface area contributed by atoms with E-state index in [1.165, 1.54) is 12.1 Å². The van der Waals surface area contributed by atoms with Crippen LogP contribution >= 0.6 is 11.6 Å². The molecule has 4 heteroatoms. The van der Waals surface area contributed by atoms with Gasteiger partial charge in [-0.3, -0.25) is 0 Å². The van der Waals surface area contributed by atoms with Crippen LogP contribution in [0, 0.1) is 11.7 Å². The van der Waals surface area contributed by atoms with Crippen molar-refractivity contribution in [2.45, 2.75) is 6.92 Å². The van der Waals surface area contributed by atoms with Crippen LogP contribution in [0.15, 0.2) is 18.2 Å². The molecule has 78 valence electrons. The number of hydrogen-bond acceptors (Lipinski definition) is 2. The fourth-order valence-electron chi connectivity index (χ4n) is 0.880. The molecule has 1 atom stereocenters. The number of aliphatic hydroxyl groups is 1. The standard InChI is InChI=1S/C10H12ClFO2/c1-7(5-13)6-14-9-4-2-3-8(11)10(9)12/h2-4,7,13H,5-6H2,1H3. The Balaban J connectivity index is 2.63. The molecule has 1 aromatic carbocycles. The van der Waals surface area contributed by atoms with E-state index in [-0.39, 0.29) is 29.9 Å². The third kappa shape index (κ3) is 2.86. The zero-order valence-electron chi connectivity index (χ0n) is 7.84. The van der Waals surface area contributed by atoms with Gasteiger partial charge in [0.1, 0.15) is 0 Å². The minimum absolute atomic E-state index is 0.0161. The minimum atomic E-state index is -0.556. The number of rotatable bonds is 4. The SMILES string of the molecule is CC(CO)COc1cccc(Cl)c1F. The van der Waals surface area contributed by atoms with Crippen LogP contribution in [0.3, 0.4) is 0 Å². The number of ether oxygens (including phenoxy) is 1. The zero-order valence-corrected chi connectivity index (χ0v) is 8.59. The number of aliphatic hydroxyl groups excluding tert-OH is 1. The third-order valence-electron chi connectivity index (χ3n) is 1.75. The van der Waals surface area contributed by atoms with Crippen LogP contribution in [0.5, 0.6) is 5.75 Å². The van der Waals surface area contributed by atoms with Crippen LogP contribution in [0.2, 0.25) is 5.02 Å². The predicted octanol–water partition coefficient (Wildman–Crippen LogP) is 2.49. The summed E-state index contributed by atoms with van der Waals surface area (Å²) in [6, 6.07) is 4.58. The molecule has 0 spiro atoms. The molecule has 1 N–H and O–H groups in total. The topological polar surface area (TPSA) is 29.5 Å². The molecule has 14 heavy (non-hydrogen) atoms. The summed E-state index contributed by atoms with van der Waals surface area (Å²) in [5, 5.41) is 8.78. The first-order valence-corrected chi connectivity index (χ1v) is 4.70. The van der Waals surface area contributed by atoms with E-state index in [0.29, 0.717) is 0 Å². The summed E-state index contributed by atoms with van der Waals surface area (Å²) < 4.78 is 18.4. The highest BCUT2D eigenvalue weighted by atomic mass is 35.5. The average molecular weight is 219 g/mol. The van der Waals surface area contributed by atoms with E-state index in [9.17, 15) is 4.39 Å². The van der Waals surface area contributed by atoms with Gasteiger partial charge in [-0.2, -0.15) is 0 Å². The normalized spacial score (nSPS) is 12.6. The Kier molecular flexibility index (Phi) is 4.17. The number of halogens is 2. The maximum Gasteiger partial charge on any atom is 0.183 e. The second kappa shape index (κ2) is 5.17. The monoisotopic (exact) mass is 218 g/mol. The first kappa shape index (κ1) is 11.3. The van der Waals surface area contributed by atoms with E-state index < -0.39 is 5.82 Å². The summed E-state index contributed by atoms with van der Waals surface area (Å²) in [6.45, 7) is 2.10. The fourth-order valence-corrected chi connectivity index (χ4v) is 1.05. The van der Waals surface area contributed by atoms with Gasteiger partial charge in [0, 0.05) is 12.5 Å². The van der Waals surface area contributed by atoms with Crippen molar-refractivity contribution in [1.82, 2.24) is 0 Å². The van der Waals surface area contributed by atoms with Crippen molar-refractivity contribution in [2.75, 3.05) is 13.2 Å². The second-order valence-corrected chi connectivity index (χ2v) is 3.56. The lowest BCUT2D eigenvalue weighted by Crippen LogP contribution is -2.12. The number of benzene rings is 1. The van der Waals surface area contributed by atoms with E-state index in [4.69, 9.17) is 21.4 Å². The molecule has 0 saturated carbocycles. The van der Waals surface area contributed by atoms with Gasteiger partial charge in [0.05, 0.1) is 11.6 Å². The van der Waals surface area contributed by atoms with Gasteiger partial charge in [0.25, 0.3) is 0 Å². The van der Waals surface area contributed by atoms with Crippen LogP contribution in [0.25, 0.3) is 0 Å². The molecule has 0 aromatic heterocycles. The molecule has 0 fully saturated rings. The fraction of sp³-hybridized carbons (Fsp3) is 0.400. The van der Waals surface area contributed by atoms with Gasteiger partial charge >= 0.3 is 0 Å². The summed E-state index contributed by atoms with van der Waals surface area (Å²) in [4.78, 5) is 0. The molecule has 0 aliphatic rings. The van der Waals surface area contributed by atoms with Crippen LogP contribution in [0.4, 0.5) is 4.39 Å². The highest BCUT2D eigenvalue weighted by Gasteiger charge is 2.08. The minimum Gasteiger partial charge on any atom is -0.490 e. The molecule has 0 amide bonds. The van der Waals surface area contributed by atoms with Crippen molar-refractivity contribution < 1.29 is 14.2 Å². The first-order valence-electron chi connectivity index (χ1n) is 4.32. The largest absolute Gasteiger partial charge is 0.490 e. The van der Waals surface area contributed by atoms with Crippen molar-refractivity contribution in [3.8, 4) is 5.75 Å². The maximum absolute atomic E-state index is 13.2. The van der Waals surface area contributed by atoms with Crippen molar-refractivity contribution in [1.29, 1.82) is 0 Å². The van der Waals surface area contributed by atoms with Gasteiger partial charge in [0.2, 0.25) is 0 Å². The molecule has 1 rings (SSSR count). The Bertz CT molecular complexity index is 304. The van der Waals surface area contributed by atoms with Gasteiger partial charge < -0.3 is 9.84 Å². The van der Waals surface area contributed by atoms with Gasteiger partial charge in [-0.25, -0.2) is 4.39 Å². The molecular formula is C10H12ClFO2. The van der Waals surface area contributed by atoms with Crippen LogP contribution in [0.1, 0.15) is 6.92 Å². The van der Waals surface area contributed by atoms with Gasteiger partial charge in [0.15, 0.2) is 11.6 Å². The molecule has 1 aromatic rings. The van der Waals surface area contributed by atoms with Crippen molar-refractivity contribution in [2.24, 2.45) is 5.92 Å². The van der Waals surface area contributed by atoms with Crippen LogP contribution in [-0.2, 0) is 0 Å². The number of hydrogen-bond donors (Lipinski definition) is 1. The third-order valence-corrected chi connectivity index (χ3v) is 2.04. The lowest BCUT2D eigenvalue weighted by molar-refractivity contribution is 0.171. The molecule has 2 nitrogen and oxygen atoms in total. The maximum atomic E-state index is 13.2. The van der Waals surface area contributed by atoms with Gasteiger partial charge in [-0.1, -0.05) is 24.6 Å². The summed E-state index contributed by atoms with van der Waals surface area (Å²) >= 11 is 5.56. The molecule has 0 radical (unpaired) electrons. The Morgan fingerprint density at radius 1 is 1.57 bits per heavy atom. The zero-order chi connectivity index (χ0) is 10.6. The highest BCUT2D eigenvalue weighted by Crippen LogP contribution is 2.24. The first-order chi connectivity index (χ1) is 6.65. The Morgan fingerprint density at radius 2 is 2.29 bits per heavy atom. The molecule has 0 aliphatic carbocycles. The molecule has 1 unspecified atom stereocenters. The molecular weight excluding hydrogens is 207 g/mol. The van der Waals surface area contributed by atoms with Crippen molar-refractivity contribution in [3.63, 3.8) is 0 Å². The lowest BCUT2D eigenvalue weighted by Gasteiger charge is -2.11.